The molecule has 4 rings (SSSR count). The summed E-state index contributed by atoms with van der Waals surface area (Å²) in [5, 5.41) is 2.19. The van der Waals surface area contributed by atoms with Gasteiger partial charge in [0.25, 0.3) is 5.91 Å². The van der Waals surface area contributed by atoms with Crippen molar-refractivity contribution in [1.29, 1.82) is 0 Å². The average molecular weight is 382 g/mol. The number of nitrogens with zero attached hydrogens (tertiary/aromatic N) is 2. The maximum atomic E-state index is 12.7. The van der Waals surface area contributed by atoms with E-state index in [1.165, 1.54) is 0 Å². The minimum absolute atomic E-state index is 0.0116. The molecule has 0 saturated carbocycles. The fourth-order valence-electron chi connectivity index (χ4n) is 4.05. The molecule has 2 fully saturated rings. The summed E-state index contributed by atoms with van der Waals surface area (Å²) in [7, 11) is 1.63. The lowest BCUT2D eigenvalue weighted by Gasteiger charge is -2.21. The molecule has 2 aliphatic heterocycles. The standard InChI is InChI=1S/C21H22N2O5/c1-27-18-8-6-14-4-2-3-5-16(14)17(18)7-9-19(24)22-11-10-15(12-22)23-20(25)13-28-21(23)26/h2-6,8,15H,7,9-13H2,1H3. The number of likely N-dealkylation sites (tertiary alicyclic amines) is 1. The number of aryl methyl sites for hydroxylation is 1. The second-order valence-electron chi connectivity index (χ2n) is 7.07. The highest BCUT2D eigenvalue weighted by atomic mass is 16.6. The number of hydrogen-bond donors (Lipinski definition) is 0. The van der Waals surface area contributed by atoms with Gasteiger partial charge in [-0.15, -0.1) is 0 Å². The molecule has 2 aromatic carbocycles. The number of imide groups is 1. The monoisotopic (exact) mass is 382 g/mol. The van der Waals surface area contributed by atoms with Crippen molar-refractivity contribution in [2.45, 2.75) is 25.3 Å². The van der Waals surface area contributed by atoms with Crippen LogP contribution in [0.1, 0.15) is 18.4 Å². The van der Waals surface area contributed by atoms with Crippen molar-refractivity contribution in [3.63, 3.8) is 0 Å². The van der Waals surface area contributed by atoms with Crippen LogP contribution in [0.2, 0.25) is 0 Å². The van der Waals surface area contributed by atoms with Gasteiger partial charge >= 0.3 is 6.09 Å². The Morgan fingerprint density at radius 2 is 2.04 bits per heavy atom. The van der Waals surface area contributed by atoms with Crippen LogP contribution in [0.25, 0.3) is 10.8 Å². The Morgan fingerprint density at radius 3 is 2.79 bits per heavy atom. The summed E-state index contributed by atoms with van der Waals surface area (Å²) >= 11 is 0. The van der Waals surface area contributed by atoms with E-state index >= 15 is 0 Å². The first kappa shape index (κ1) is 18.3. The Bertz CT molecular complexity index is 926. The lowest BCUT2D eigenvalue weighted by atomic mass is 9.99. The molecule has 0 N–H and O–H groups in total. The predicted octanol–water partition coefficient (Wildman–Crippen LogP) is 2.36. The number of benzene rings is 2. The molecular weight excluding hydrogens is 360 g/mol. The summed E-state index contributed by atoms with van der Waals surface area (Å²) < 4.78 is 10.3. The molecule has 2 saturated heterocycles. The van der Waals surface area contributed by atoms with E-state index in [1.54, 1.807) is 12.0 Å². The van der Waals surface area contributed by atoms with Crippen LogP contribution in [-0.4, -0.2) is 60.6 Å². The summed E-state index contributed by atoms with van der Waals surface area (Å²) in [5.41, 5.74) is 1.02. The zero-order chi connectivity index (χ0) is 19.7. The number of ether oxygens (including phenoxy) is 2. The van der Waals surface area contributed by atoms with Gasteiger partial charge in [0.2, 0.25) is 5.91 Å². The highest BCUT2D eigenvalue weighted by Crippen LogP contribution is 2.29. The number of fused-ring (bicyclic) bond motifs is 1. The first-order valence-corrected chi connectivity index (χ1v) is 9.39. The van der Waals surface area contributed by atoms with Gasteiger partial charge in [-0.1, -0.05) is 30.3 Å². The van der Waals surface area contributed by atoms with Crippen LogP contribution in [-0.2, 0) is 20.7 Å². The van der Waals surface area contributed by atoms with Crippen molar-refractivity contribution in [3.8, 4) is 5.75 Å². The van der Waals surface area contributed by atoms with Gasteiger partial charge < -0.3 is 14.4 Å². The highest BCUT2D eigenvalue weighted by molar-refractivity contribution is 5.98. The number of amides is 3. The van der Waals surface area contributed by atoms with Crippen LogP contribution < -0.4 is 4.74 Å². The Labute approximate surface area is 162 Å². The molecule has 1 atom stereocenters. The van der Waals surface area contributed by atoms with Crippen molar-refractivity contribution in [2.24, 2.45) is 0 Å². The molecule has 7 heteroatoms. The molecule has 3 amide bonds. The van der Waals surface area contributed by atoms with Crippen molar-refractivity contribution < 1.29 is 23.9 Å². The fraction of sp³-hybridized carbons (Fsp3) is 0.381. The molecule has 146 valence electrons. The first-order chi connectivity index (χ1) is 13.6. The largest absolute Gasteiger partial charge is 0.496 e. The SMILES string of the molecule is COc1ccc2ccccc2c1CCC(=O)N1CCC(N2C(=O)COC2=O)C1. The predicted molar refractivity (Wildman–Crippen MR) is 102 cm³/mol. The molecular formula is C21H22N2O5. The van der Waals surface area contributed by atoms with Crippen molar-refractivity contribution in [1.82, 2.24) is 9.80 Å². The zero-order valence-corrected chi connectivity index (χ0v) is 15.7. The number of hydrogen-bond acceptors (Lipinski definition) is 5. The number of carbonyl (C=O) groups is 3. The van der Waals surface area contributed by atoms with Gasteiger partial charge in [-0.25, -0.2) is 9.69 Å². The lowest BCUT2D eigenvalue weighted by Crippen LogP contribution is -2.42. The van der Waals surface area contributed by atoms with Crippen molar-refractivity contribution >= 4 is 28.7 Å². The van der Waals surface area contributed by atoms with Crippen LogP contribution in [0, 0.1) is 0 Å². The number of carbonyl (C=O) groups excluding carboxylic acids is 3. The third-order valence-corrected chi connectivity index (χ3v) is 5.47. The van der Waals surface area contributed by atoms with Crippen molar-refractivity contribution in [3.05, 3.63) is 42.0 Å². The maximum Gasteiger partial charge on any atom is 0.417 e. The van der Waals surface area contributed by atoms with Crippen LogP contribution in [0.3, 0.4) is 0 Å². The van der Waals surface area contributed by atoms with Gasteiger partial charge in [0, 0.05) is 25.1 Å². The molecule has 1 unspecified atom stereocenters. The second kappa shape index (κ2) is 7.50. The third-order valence-electron chi connectivity index (χ3n) is 5.47. The molecule has 0 spiro atoms. The smallest absolute Gasteiger partial charge is 0.417 e. The normalized spacial score (nSPS) is 19.4. The van der Waals surface area contributed by atoms with Crippen LogP contribution in [0.5, 0.6) is 5.75 Å². The van der Waals surface area contributed by atoms with E-state index in [2.05, 4.69) is 0 Å². The maximum absolute atomic E-state index is 12.7. The van der Waals surface area contributed by atoms with E-state index in [0.29, 0.717) is 32.4 Å². The van der Waals surface area contributed by atoms with Crippen LogP contribution in [0.15, 0.2) is 36.4 Å². The molecule has 0 aromatic heterocycles. The van der Waals surface area contributed by atoms with E-state index in [1.807, 2.05) is 36.4 Å². The van der Waals surface area contributed by atoms with Gasteiger partial charge in [-0.05, 0) is 29.7 Å². The summed E-state index contributed by atoms with van der Waals surface area (Å²) in [6, 6.07) is 11.7. The van der Waals surface area contributed by atoms with Crippen LogP contribution in [0.4, 0.5) is 4.79 Å². The topological polar surface area (TPSA) is 76.2 Å². The molecule has 28 heavy (non-hydrogen) atoms. The number of cyclic esters (lactones) is 1. The van der Waals surface area contributed by atoms with Crippen LogP contribution >= 0.6 is 0 Å². The average Bonchev–Trinajstić information content (AvgIpc) is 3.32. The summed E-state index contributed by atoms with van der Waals surface area (Å²) in [4.78, 5) is 39.2. The summed E-state index contributed by atoms with van der Waals surface area (Å²) in [6.07, 6.45) is 0.888. The molecule has 2 heterocycles. The minimum Gasteiger partial charge on any atom is -0.496 e. The minimum atomic E-state index is -0.607. The van der Waals surface area contributed by atoms with E-state index in [-0.39, 0.29) is 24.5 Å². The fourth-order valence-corrected chi connectivity index (χ4v) is 4.05. The Hall–Kier alpha value is -3.09. The number of methoxy groups -OCH3 is 1. The van der Waals surface area contributed by atoms with E-state index in [4.69, 9.17) is 9.47 Å². The lowest BCUT2D eigenvalue weighted by molar-refractivity contribution is -0.131. The zero-order valence-electron chi connectivity index (χ0n) is 15.7. The number of rotatable bonds is 5. The molecule has 2 aliphatic rings. The second-order valence-corrected chi connectivity index (χ2v) is 7.07. The van der Waals surface area contributed by atoms with E-state index in [9.17, 15) is 14.4 Å². The molecule has 0 bridgehead atoms. The highest BCUT2D eigenvalue weighted by Gasteiger charge is 2.41. The Morgan fingerprint density at radius 1 is 1.21 bits per heavy atom. The Balaban J connectivity index is 1.44. The van der Waals surface area contributed by atoms with E-state index < -0.39 is 6.09 Å². The van der Waals surface area contributed by atoms with Gasteiger partial charge in [-0.3, -0.25) is 9.59 Å². The van der Waals surface area contributed by atoms with Gasteiger partial charge in [0.1, 0.15) is 5.75 Å². The Kier molecular flexibility index (Phi) is 4.90. The van der Waals surface area contributed by atoms with Gasteiger partial charge in [0.05, 0.1) is 13.2 Å². The van der Waals surface area contributed by atoms with Gasteiger partial charge in [0.15, 0.2) is 6.61 Å². The van der Waals surface area contributed by atoms with E-state index in [0.717, 1.165) is 27.0 Å². The third kappa shape index (κ3) is 3.28. The van der Waals surface area contributed by atoms with Gasteiger partial charge in [-0.2, -0.15) is 0 Å². The van der Waals surface area contributed by atoms with Crippen molar-refractivity contribution in [2.75, 3.05) is 26.8 Å². The summed E-state index contributed by atoms with van der Waals surface area (Å²) in [5.74, 6) is 0.457. The molecule has 0 radical (unpaired) electrons. The molecule has 7 nitrogen and oxygen atoms in total. The quantitative estimate of drug-likeness (QED) is 0.794. The first-order valence-electron chi connectivity index (χ1n) is 9.39. The molecule has 0 aliphatic carbocycles. The molecule has 2 aromatic rings. The summed E-state index contributed by atoms with van der Waals surface area (Å²) in [6.45, 7) is 0.698.